The third-order valence-corrected chi connectivity index (χ3v) is 2.11. The van der Waals surface area contributed by atoms with Gasteiger partial charge in [0.2, 0.25) is 5.82 Å². The van der Waals surface area contributed by atoms with Crippen LogP contribution in [0.25, 0.3) is 11.5 Å². The van der Waals surface area contributed by atoms with Crippen LogP contribution in [0.15, 0.2) is 6.20 Å². The van der Waals surface area contributed by atoms with Crippen molar-refractivity contribution in [2.45, 2.75) is 26.3 Å². The molecule has 17 heavy (non-hydrogen) atoms. The Bertz CT molecular complexity index is 550. The number of hydrogen-bond acceptors (Lipinski definition) is 5. The summed E-state index contributed by atoms with van der Waals surface area (Å²) in [4.78, 5) is 12.3. The molecule has 90 valence electrons. The van der Waals surface area contributed by atoms with Crippen LogP contribution in [-0.2, 0) is 5.54 Å². The van der Waals surface area contributed by atoms with E-state index in [0.29, 0.717) is 0 Å². The highest BCUT2D eigenvalue weighted by Gasteiger charge is 2.21. The largest absolute Gasteiger partial charge is 0.478 e. The maximum atomic E-state index is 10.9. The second-order valence-corrected chi connectivity index (χ2v) is 4.54. The van der Waals surface area contributed by atoms with Gasteiger partial charge in [0, 0.05) is 0 Å². The van der Waals surface area contributed by atoms with E-state index >= 15 is 0 Å². The third-order valence-electron chi connectivity index (χ3n) is 2.11. The molecule has 0 aliphatic heterocycles. The normalized spacial score (nSPS) is 11.7. The van der Waals surface area contributed by atoms with Crippen LogP contribution in [0.5, 0.6) is 0 Å². The van der Waals surface area contributed by atoms with Gasteiger partial charge in [-0.15, -0.1) is 10.2 Å². The Kier molecular flexibility index (Phi) is 2.41. The van der Waals surface area contributed by atoms with Gasteiger partial charge in [-0.05, 0) is 26.0 Å². The van der Waals surface area contributed by atoms with Crippen molar-refractivity contribution in [1.29, 1.82) is 0 Å². The van der Waals surface area contributed by atoms with Crippen molar-refractivity contribution in [3.8, 4) is 11.5 Å². The number of aromatic nitrogens is 6. The van der Waals surface area contributed by atoms with E-state index in [4.69, 9.17) is 5.11 Å². The molecule has 2 heterocycles. The van der Waals surface area contributed by atoms with Gasteiger partial charge in [-0.25, -0.2) is 4.79 Å². The number of nitrogens with one attached hydrogen (secondary N) is 1. The van der Waals surface area contributed by atoms with E-state index in [2.05, 4.69) is 25.6 Å². The number of H-pyrrole nitrogens is 1. The highest BCUT2D eigenvalue weighted by molar-refractivity contribution is 5.93. The molecule has 0 fully saturated rings. The van der Waals surface area contributed by atoms with Gasteiger partial charge >= 0.3 is 5.97 Å². The topological polar surface area (TPSA) is 110 Å². The van der Waals surface area contributed by atoms with Gasteiger partial charge < -0.3 is 5.11 Å². The molecule has 0 aromatic carbocycles. The highest BCUT2D eigenvalue weighted by atomic mass is 16.4. The Morgan fingerprint density at radius 2 is 2.18 bits per heavy atom. The van der Waals surface area contributed by atoms with Crippen molar-refractivity contribution < 1.29 is 9.90 Å². The van der Waals surface area contributed by atoms with Crippen molar-refractivity contribution in [2.75, 3.05) is 0 Å². The summed E-state index contributed by atoms with van der Waals surface area (Å²) in [6.45, 7) is 5.76. The van der Waals surface area contributed by atoms with E-state index in [1.807, 2.05) is 20.8 Å². The molecule has 8 nitrogen and oxygen atoms in total. The van der Waals surface area contributed by atoms with Crippen LogP contribution in [0.2, 0.25) is 0 Å². The SMILES string of the molecule is CC(C)(C)n1nnc(-c2[nH]ncc2C(=O)O)n1. The Morgan fingerprint density at radius 3 is 2.71 bits per heavy atom. The van der Waals surface area contributed by atoms with E-state index in [-0.39, 0.29) is 22.6 Å². The second-order valence-electron chi connectivity index (χ2n) is 4.54. The first-order valence-corrected chi connectivity index (χ1v) is 4.97. The standard InChI is InChI=1S/C9H12N6O2/c1-9(2,3)15-13-7(12-14-15)6-5(8(16)17)4-10-11-6/h4H,1-3H3,(H,10,11)(H,16,17). The number of rotatable bonds is 2. The zero-order valence-corrected chi connectivity index (χ0v) is 9.67. The molecule has 0 aliphatic rings. The molecule has 0 radical (unpaired) electrons. The molecular formula is C9H12N6O2. The smallest absolute Gasteiger partial charge is 0.339 e. The summed E-state index contributed by atoms with van der Waals surface area (Å²) in [6.07, 6.45) is 1.22. The predicted molar refractivity (Wildman–Crippen MR) is 57.4 cm³/mol. The van der Waals surface area contributed by atoms with E-state index in [9.17, 15) is 4.79 Å². The minimum Gasteiger partial charge on any atom is -0.478 e. The number of carboxylic acids is 1. The van der Waals surface area contributed by atoms with E-state index in [1.54, 1.807) is 0 Å². The van der Waals surface area contributed by atoms with Gasteiger partial charge in [0.25, 0.3) is 0 Å². The first-order chi connectivity index (χ1) is 7.89. The lowest BCUT2D eigenvalue weighted by molar-refractivity contribution is 0.0697. The second kappa shape index (κ2) is 3.65. The van der Waals surface area contributed by atoms with Crippen molar-refractivity contribution in [1.82, 2.24) is 30.4 Å². The minimum absolute atomic E-state index is 0.0264. The summed E-state index contributed by atoms with van der Waals surface area (Å²) in [5, 5.41) is 27.0. The zero-order chi connectivity index (χ0) is 12.6. The summed E-state index contributed by atoms with van der Waals surface area (Å²) in [6, 6.07) is 0. The maximum Gasteiger partial charge on any atom is 0.339 e. The van der Waals surface area contributed by atoms with Crippen LogP contribution in [0.4, 0.5) is 0 Å². The number of nitrogens with zero attached hydrogens (tertiary/aromatic N) is 5. The molecule has 0 spiro atoms. The summed E-state index contributed by atoms with van der Waals surface area (Å²) in [7, 11) is 0. The Labute approximate surface area is 96.6 Å². The number of tetrazole rings is 1. The summed E-state index contributed by atoms with van der Waals surface area (Å²) in [5.74, 6) is -0.865. The van der Waals surface area contributed by atoms with Crippen LogP contribution in [-0.4, -0.2) is 41.5 Å². The number of carbonyl (C=O) groups is 1. The van der Waals surface area contributed by atoms with Crippen LogP contribution in [0.1, 0.15) is 31.1 Å². The van der Waals surface area contributed by atoms with Crippen molar-refractivity contribution in [3.05, 3.63) is 11.8 Å². The van der Waals surface area contributed by atoms with Crippen molar-refractivity contribution >= 4 is 5.97 Å². The van der Waals surface area contributed by atoms with Gasteiger partial charge in [0.1, 0.15) is 11.3 Å². The average molecular weight is 236 g/mol. The van der Waals surface area contributed by atoms with Gasteiger partial charge in [-0.3, -0.25) is 5.10 Å². The summed E-state index contributed by atoms with van der Waals surface area (Å²) >= 11 is 0. The molecule has 2 aromatic rings. The fraction of sp³-hybridized carbons (Fsp3) is 0.444. The Morgan fingerprint density at radius 1 is 1.47 bits per heavy atom. The zero-order valence-electron chi connectivity index (χ0n) is 9.67. The lowest BCUT2D eigenvalue weighted by Gasteiger charge is -2.15. The Balaban J connectivity index is 2.44. The number of hydrogen-bond donors (Lipinski definition) is 2. The molecule has 2 aromatic heterocycles. The predicted octanol–water partition coefficient (Wildman–Crippen LogP) is 0.516. The molecule has 2 rings (SSSR count). The lowest BCUT2D eigenvalue weighted by atomic mass is 10.1. The first kappa shape index (κ1) is 11.2. The van der Waals surface area contributed by atoms with E-state index in [0.717, 1.165) is 0 Å². The van der Waals surface area contributed by atoms with Crippen LogP contribution in [0.3, 0.4) is 0 Å². The lowest BCUT2D eigenvalue weighted by Crippen LogP contribution is -2.24. The molecule has 0 aliphatic carbocycles. The summed E-state index contributed by atoms with van der Waals surface area (Å²) < 4.78 is 0. The highest BCUT2D eigenvalue weighted by Crippen LogP contribution is 2.18. The Hall–Kier alpha value is -2.25. The van der Waals surface area contributed by atoms with E-state index in [1.165, 1.54) is 11.0 Å². The van der Waals surface area contributed by atoms with Gasteiger partial charge in [-0.2, -0.15) is 9.90 Å². The molecular weight excluding hydrogens is 224 g/mol. The molecule has 0 saturated carbocycles. The number of aromatic amines is 1. The number of aromatic carboxylic acids is 1. The molecule has 0 bridgehead atoms. The molecule has 8 heteroatoms. The van der Waals surface area contributed by atoms with Gasteiger partial charge in [0.05, 0.1) is 11.7 Å². The van der Waals surface area contributed by atoms with Crippen molar-refractivity contribution in [2.24, 2.45) is 0 Å². The van der Waals surface area contributed by atoms with Crippen LogP contribution < -0.4 is 0 Å². The fourth-order valence-corrected chi connectivity index (χ4v) is 1.22. The monoisotopic (exact) mass is 236 g/mol. The quantitative estimate of drug-likeness (QED) is 0.786. The van der Waals surface area contributed by atoms with Crippen molar-refractivity contribution in [3.63, 3.8) is 0 Å². The maximum absolute atomic E-state index is 10.9. The minimum atomic E-state index is -1.08. The fourth-order valence-electron chi connectivity index (χ4n) is 1.22. The van der Waals surface area contributed by atoms with Gasteiger partial charge in [0.15, 0.2) is 0 Å². The van der Waals surface area contributed by atoms with E-state index < -0.39 is 5.97 Å². The van der Waals surface area contributed by atoms with Crippen LogP contribution in [0, 0.1) is 0 Å². The molecule has 0 saturated heterocycles. The molecule has 0 unspecified atom stereocenters. The number of carboxylic acid groups (broad SMARTS) is 1. The molecule has 0 atom stereocenters. The average Bonchev–Trinajstić information content (AvgIpc) is 2.85. The van der Waals surface area contributed by atoms with Crippen LogP contribution >= 0.6 is 0 Å². The first-order valence-electron chi connectivity index (χ1n) is 4.97. The molecule has 2 N–H and O–H groups in total. The molecule has 0 amide bonds. The summed E-state index contributed by atoms with van der Waals surface area (Å²) in [5.41, 5.74) is -0.0271. The van der Waals surface area contributed by atoms with Gasteiger partial charge in [-0.1, -0.05) is 0 Å². The third kappa shape index (κ3) is 2.01.